The number of carbonyl (C=O) groups is 2. The number of nitrogens with one attached hydrogen (secondary N) is 1. The lowest BCUT2D eigenvalue weighted by atomic mass is 9.85. The Labute approximate surface area is 130 Å². The fourth-order valence-corrected chi connectivity index (χ4v) is 4.41. The zero-order valence-electron chi connectivity index (χ0n) is 12.9. The van der Waals surface area contributed by atoms with Crippen molar-refractivity contribution in [1.82, 2.24) is 10.2 Å². The van der Waals surface area contributed by atoms with Crippen molar-refractivity contribution in [2.75, 3.05) is 12.0 Å². The van der Waals surface area contributed by atoms with Gasteiger partial charge in [0.15, 0.2) is 0 Å². The van der Waals surface area contributed by atoms with Gasteiger partial charge in [-0.3, -0.25) is 0 Å². The number of carbonyl (C=O) groups excluding carboxylic acids is 1. The number of fused-ring (bicyclic) bond motifs is 1. The number of likely N-dealkylation sites (tertiary alicyclic amines) is 1. The number of amides is 2. The number of nitrogens with zero attached hydrogens (tertiary/aromatic N) is 1. The van der Waals surface area contributed by atoms with Gasteiger partial charge in [0.25, 0.3) is 0 Å². The molecule has 2 rings (SSSR count). The van der Waals surface area contributed by atoms with Gasteiger partial charge in [-0.2, -0.15) is 11.8 Å². The van der Waals surface area contributed by atoms with E-state index in [2.05, 4.69) is 5.32 Å². The van der Waals surface area contributed by atoms with Crippen LogP contribution in [0.25, 0.3) is 0 Å². The van der Waals surface area contributed by atoms with Gasteiger partial charge in [-0.1, -0.05) is 19.8 Å². The van der Waals surface area contributed by atoms with Crippen LogP contribution in [0.1, 0.15) is 45.4 Å². The lowest BCUT2D eigenvalue weighted by Gasteiger charge is -2.34. The van der Waals surface area contributed by atoms with Crippen molar-refractivity contribution in [3.05, 3.63) is 0 Å². The molecule has 1 heterocycles. The van der Waals surface area contributed by atoms with E-state index < -0.39 is 12.0 Å². The standard InChI is InChI=1S/C15H26N2O3S/c1-3-11(9-21-2)16-15(20)17-12-7-5-4-6-10(12)8-13(17)14(18)19/h10-13H,3-9H2,1-2H3,(H,16,20)(H,18,19). The minimum absolute atomic E-state index is 0.115. The van der Waals surface area contributed by atoms with Crippen LogP contribution >= 0.6 is 11.8 Å². The average Bonchev–Trinajstić information content (AvgIpc) is 2.86. The van der Waals surface area contributed by atoms with E-state index in [0.717, 1.165) is 37.9 Å². The van der Waals surface area contributed by atoms with Crippen LogP contribution < -0.4 is 5.32 Å². The molecule has 21 heavy (non-hydrogen) atoms. The molecule has 4 atom stereocenters. The van der Waals surface area contributed by atoms with E-state index in [-0.39, 0.29) is 18.1 Å². The van der Waals surface area contributed by atoms with Crippen LogP contribution in [0.15, 0.2) is 0 Å². The van der Waals surface area contributed by atoms with Crippen molar-refractivity contribution < 1.29 is 14.7 Å². The number of carboxylic acids is 1. The highest BCUT2D eigenvalue weighted by atomic mass is 32.2. The van der Waals surface area contributed by atoms with E-state index in [1.807, 2.05) is 13.2 Å². The average molecular weight is 314 g/mol. The summed E-state index contributed by atoms with van der Waals surface area (Å²) in [5.41, 5.74) is 0. The number of rotatable bonds is 5. The van der Waals surface area contributed by atoms with Crippen LogP contribution in [0.4, 0.5) is 4.79 Å². The number of hydrogen-bond donors (Lipinski definition) is 2. The summed E-state index contributed by atoms with van der Waals surface area (Å²) in [6, 6.07) is -0.598. The second kappa shape index (κ2) is 7.38. The third-order valence-corrected chi connectivity index (χ3v) is 5.53. The molecule has 1 aliphatic heterocycles. The Kier molecular flexibility index (Phi) is 5.79. The molecule has 0 aromatic carbocycles. The first-order chi connectivity index (χ1) is 10.1. The first-order valence-electron chi connectivity index (χ1n) is 7.89. The first-order valence-corrected chi connectivity index (χ1v) is 9.28. The van der Waals surface area contributed by atoms with E-state index in [1.165, 1.54) is 0 Å². The molecule has 120 valence electrons. The monoisotopic (exact) mass is 314 g/mol. The summed E-state index contributed by atoms with van der Waals surface area (Å²) in [4.78, 5) is 25.8. The molecule has 5 nitrogen and oxygen atoms in total. The van der Waals surface area contributed by atoms with Crippen LogP contribution in [0, 0.1) is 5.92 Å². The molecule has 0 bridgehead atoms. The van der Waals surface area contributed by atoms with Crippen molar-refractivity contribution in [2.45, 2.75) is 63.6 Å². The normalized spacial score (nSPS) is 29.8. The molecule has 1 aliphatic carbocycles. The maximum atomic E-state index is 12.6. The summed E-state index contributed by atoms with van der Waals surface area (Å²) < 4.78 is 0. The van der Waals surface area contributed by atoms with Crippen molar-refractivity contribution in [2.24, 2.45) is 5.92 Å². The molecule has 1 saturated carbocycles. The van der Waals surface area contributed by atoms with E-state index in [1.54, 1.807) is 16.7 Å². The Morgan fingerprint density at radius 3 is 2.71 bits per heavy atom. The minimum atomic E-state index is -0.863. The number of thioether (sulfide) groups is 1. The lowest BCUT2D eigenvalue weighted by molar-refractivity contribution is -0.141. The van der Waals surface area contributed by atoms with E-state index in [9.17, 15) is 14.7 Å². The molecule has 4 unspecified atom stereocenters. The Balaban J connectivity index is 2.09. The van der Waals surface area contributed by atoms with Crippen molar-refractivity contribution in [3.8, 4) is 0 Å². The Morgan fingerprint density at radius 2 is 2.10 bits per heavy atom. The third-order valence-electron chi connectivity index (χ3n) is 4.80. The topological polar surface area (TPSA) is 69.6 Å². The van der Waals surface area contributed by atoms with Gasteiger partial charge in [0, 0.05) is 17.8 Å². The molecular weight excluding hydrogens is 288 g/mol. The summed E-state index contributed by atoms with van der Waals surface area (Å²) in [5.74, 6) is 0.366. The number of urea groups is 1. The van der Waals surface area contributed by atoms with Gasteiger partial charge in [-0.25, -0.2) is 9.59 Å². The van der Waals surface area contributed by atoms with Crippen molar-refractivity contribution in [3.63, 3.8) is 0 Å². The van der Waals surface area contributed by atoms with Crippen LogP contribution in [-0.2, 0) is 4.79 Å². The molecule has 6 heteroatoms. The summed E-state index contributed by atoms with van der Waals surface area (Å²) in [6.45, 7) is 2.04. The predicted molar refractivity (Wildman–Crippen MR) is 84.6 cm³/mol. The van der Waals surface area contributed by atoms with E-state index in [0.29, 0.717) is 12.3 Å². The maximum absolute atomic E-state index is 12.6. The number of hydrogen-bond acceptors (Lipinski definition) is 3. The first kappa shape index (κ1) is 16.5. The third kappa shape index (κ3) is 3.65. The molecule has 2 fully saturated rings. The van der Waals surface area contributed by atoms with Gasteiger partial charge in [0.2, 0.25) is 0 Å². The highest BCUT2D eigenvalue weighted by Gasteiger charge is 2.47. The van der Waals surface area contributed by atoms with Gasteiger partial charge in [0.05, 0.1) is 0 Å². The van der Waals surface area contributed by atoms with Crippen molar-refractivity contribution >= 4 is 23.8 Å². The SMILES string of the molecule is CCC(CSC)NC(=O)N1C(C(=O)O)CC2CCCCC21. The molecule has 2 N–H and O–H groups in total. The van der Waals surface area contributed by atoms with Crippen molar-refractivity contribution in [1.29, 1.82) is 0 Å². The molecule has 0 aromatic rings. The quantitative estimate of drug-likeness (QED) is 0.818. The highest BCUT2D eigenvalue weighted by Crippen LogP contribution is 2.39. The van der Waals surface area contributed by atoms with Crippen LogP contribution in [0.3, 0.4) is 0 Å². The predicted octanol–water partition coefficient (Wildman–Crippen LogP) is 2.56. The second-order valence-corrected chi connectivity index (χ2v) is 7.03. The summed E-state index contributed by atoms with van der Waals surface area (Å²) in [5, 5.41) is 12.5. The zero-order valence-corrected chi connectivity index (χ0v) is 13.7. The molecule has 1 saturated heterocycles. The highest BCUT2D eigenvalue weighted by molar-refractivity contribution is 7.98. The van der Waals surface area contributed by atoms with Gasteiger partial charge >= 0.3 is 12.0 Å². The largest absolute Gasteiger partial charge is 0.480 e. The molecular formula is C15H26N2O3S. The Hall–Kier alpha value is -0.910. The van der Waals surface area contributed by atoms with E-state index in [4.69, 9.17) is 0 Å². The second-order valence-electron chi connectivity index (χ2n) is 6.12. The van der Waals surface area contributed by atoms with Crippen LogP contribution in [-0.4, -0.2) is 52.1 Å². The molecule has 0 spiro atoms. The Morgan fingerprint density at radius 1 is 1.38 bits per heavy atom. The summed E-state index contributed by atoms with van der Waals surface area (Å²) in [6.07, 6.45) is 7.76. The zero-order chi connectivity index (χ0) is 15.4. The van der Waals surface area contributed by atoms with Crippen LogP contribution in [0.5, 0.6) is 0 Å². The Bertz CT molecular complexity index is 391. The lowest BCUT2D eigenvalue weighted by Crippen LogP contribution is -2.53. The smallest absolute Gasteiger partial charge is 0.326 e. The maximum Gasteiger partial charge on any atom is 0.326 e. The van der Waals surface area contributed by atoms with Gasteiger partial charge in [-0.15, -0.1) is 0 Å². The fourth-order valence-electron chi connectivity index (χ4n) is 3.68. The van der Waals surface area contributed by atoms with Gasteiger partial charge in [0.1, 0.15) is 6.04 Å². The summed E-state index contributed by atoms with van der Waals surface area (Å²) >= 11 is 1.70. The van der Waals surface area contributed by atoms with Crippen LogP contribution in [0.2, 0.25) is 0 Å². The van der Waals surface area contributed by atoms with Gasteiger partial charge < -0.3 is 15.3 Å². The molecule has 0 aromatic heterocycles. The number of aliphatic carboxylic acids is 1. The minimum Gasteiger partial charge on any atom is -0.480 e. The fraction of sp³-hybridized carbons (Fsp3) is 0.867. The molecule has 2 aliphatic rings. The molecule has 0 radical (unpaired) electrons. The van der Waals surface area contributed by atoms with Gasteiger partial charge in [-0.05, 0) is 37.9 Å². The summed E-state index contributed by atoms with van der Waals surface area (Å²) in [7, 11) is 0. The molecule has 2 amide bonds. The number of carboxylic acid groups (broad SMARTS) is 1. The van der Waals surface area contributed by atoms with E-state index >= 15 is 0 Å².